The zero-order chi connectivity index (χ0) is 17.9. The van der Waals surface area contributed by atoms with E-state index in [0.717, 1.165) is 0 Å². The molecule has 1 aromatic rings. The molecular formula is C15H23NO8. The summed E-state index contributed by atoms with van der Waals surface area (Å²) in [6.45, 7) is -1.93. The number of aliphatic hydroxyl groups is 4. The van der Waals surface area contributed by atoms with Gasteiger partial charge in [0.25, 0.3) is 0 Å². The van der Waals surface area contributed by atoms with E-state index in [9.17, 15) is 20.1 Å². The second kappa shape index (κ2) is 11.0. The van der Waals surface area contributed by atoms with Crippen LogP contribution in [0, 0.1) is 0 Å². The van der Waals surface area contributed by atoms with Crippen LogP contribution in [0.25, 0.3) is 0 Å². The smallest absolute Gasteiger partial charge is 0.326 e. The van der Waals surface area contributed by atoms with E-state index in [1.54, 1.807) is 30.3 Å². The quantitative estimate of drug-likeness (QED) is 0.288. The van der Waals surface area contributed by atoms with E-state index in [1.165, 1.54) is 0 Å². The molecule has 0 bridgehead atoms. The van der Waals surface area contributed by atoms with Crippen molar-refractivity contribution in [1.29, 1.82) is 0 Å². The number of hydrogen-bond donors (Lipinski definition) is 5. The summed E-state index contributed by atoms with van der Waals surface area (Å²) in [4.78, 5) is 21.8. The van der Waals surface area contributed by atoms with E-state index >= 15 is 0 Å². The Kier molecular flexibility index (Phi) is 9.42. The molecule has 9 nitrogen and oxygen atoms in total. The van der Waals surface area contributed by atoms with Gasteiger partial charge in [0.15, 0.2) is 6.04 Å². The van der Waals surface area contributed by atoms with Crippen molar-refractivity contribution >= 4 is 5.97 Å². The first-order valence-electron chi connectivity index (χ1n) is 7.37. The number of benzene rings is 1. The van der Waals surface area contributed by atoms with Gasteiger partial charge in [0.1, 0.15) is 12.2 Å². The van der Waals surface area contributed by atoms with Crippen LogP contribution in [0.3, 0.4) is 0 Å². The summed E-state index contributed by atoms with van der Waals surface area (Å²) in [5.74, 6) is -1.24. The van der Waals surface area contributed by atoms with E-state index in [2.05, 4.69) is 0 Å². The lowest BCUT2D eigenvalue weighted by Gasteiger charge is -2.28. The fourth-order valence-electron chi connectivity index (χ4n) is 1.73. The van der Waals surface area contributed by atoms with Crippen molar-refractivity contribution < 1.29 is 40.0 Å². The summed E-state index contributed by atoms with van der Waals surface area (Å²) in [7, 11) is 0. The van der Waals surface area contributed by atoms with Gasteiger partial charge >= 0.3 is 5.97 Å². The molecular weight excluding hydrogens is 322 g/mol. The first-order chi connectivity index (χ1) is 11.5. The molecule has 0 amide bonds. The lowest BCUT2D eigenvalue weighted by Crippen LogP contribution is -2.45. The zero-order valence-electron chi connectivity index (χ0n) is 13.1. The van der Waals surface area contributed by atoms with Crippen LogP contribution in [-0.2, 0) is 20.9 Å². The number of nitrogens with zero attached hydrogens (tertiary/aromatic N) is 1. The van der Waals surface area contributed by atoms with Gasteiger partial charge in [0.05, 0.1) is 26.4 Å². The normalized spacial score (nSPS) is 15.2. The fraction of sp³-hybridized carbons (Fsp3) is 0.533. The molecule has 0 aliphatic rings. The standard InChI is InChI=1S/C15H23NO8/c17-7-12(19)9-23-16(24-10-13(20)8-18)14(15(21)22)6-11-4-2-1-3-5-11/h1-5,12-14,17-20H,6-10H2,(H,21,22)/t12?,13?,14-/m0/s1. The van der Waals surface area contributed by atoms with Crippen LogP contribution < -0.4 is 0 Å². The third-order valence-corrected chi connectivity index (χ3v) is 3.02. The van der Waals surface area contributed by atoms with Crippen LogP contribution in [0.5, 0.6) is 0 Å². The van der Waals surface area contributed by atoms with Gasteiger partial charge in [-0.1, -0.05) is 35.6 Å². The van der Waals surface area contributed by atoms with Crippen molar-refractivity contribution in [1.82, 2.24) is 5.23 Å². The highest BCUT2D eigenvalue weighted by atomic mass is 17.0. The molecule has 0 fully saturated rings. The van der Waals surface area contributed by atoms with E-state index < -0.39 is 50.6 Å². The Morgan fingerprint density at radius 3 is 1.92 bits per heavy atom. The van der Waals surface area contributed by atoms with Gasteiger partial charge in [-0.15, -0.1) is 0 Å². The van der Waals surface area contributed by atoms with Crippen molar-refractivity contribution in [2.45, 2.75) is 24.7 Å². The average molecular weight is 345 g/mol. The molecule has 1 rings (SSSR count). The summed E-state index contributed by atoms with van der Waals surface area (Å²) in [6.07, 6.45) is -2.39. The number of aliphatic carboxylic acids is 1. The molecule has 136 valence electrons. The SMILES string of the molecule is O=C(O)[C@H](Cc1ccccc1)N(OCC(O)CO)OCC(O)CO. The molecule has 0 heterocycles. The van der Waals surface area contributed by atoms with Crippen LogP contribution >= 0.6 is 0 Å². The summed E-state index contributed by atoms with van der Waals surface area (Å²) < 4.78 is 0. The Hall–Kier alpha value is -1.59. The highest BCUT2D eigenvalue weighted by molar-refractivity contribution is 5.73. The predicted molar refractivity (Wildman–Crippen MR) is 81.5 cm³/mol. The van der Waals surface area contributed by atoms with Crippen LogP contribution in [0.15, 0.2) is 30.3 Å². The molecule has 0 spiro atoms. The predicted octanol–water partition coefficient (Wildman–Crippen LogP) is -1.45. The maximum absolute atomic E-state index is 11.5. The zero-order valence-corrected chi connectivity index (χ0v) is 13.1. The second-order valence-electron chi connectivity index (χ2n) is 5.09. The van der Waals surface area contributed by atoms with Gasteiger partial charge in [0.2, 0.25) is 0 Å². The minimum absolute atomic E-state index is 0.0423. The maximum Gasteiger partial charge on any atom is 0.326 e. The van der Waals surface area contributed by atoms with Crippen LogP contribution in [0.1, 0.15) is 5.56 Å². The van der Waals surface area contributed by atoms with Gasteiger partial charge in [-0.25, -0.2) is 0 Å². The third kappa shape index (κ3) is 7.32. The fourth-order valence-corrected chi connectivity index (χ4v) is 1.73. The van der Waals surface area contributed by atoms with E-state index in [0.29, 0.717) is 10.8 Å². The molecule has 9 heteroatoms. The highest BCUT2D eigenvalue weighted by Crippen LogP contribution is 2.12. The highest BCUT2D eigenvalue weighted by Gasteiger charge is 2.29. The Bertz CT molecular complexity index is 458. The monoisotopic (exact) mass is 345 g/mol. The van der Waals surface area contributed by atoms with Crippen molar-refractivity contribution in [2.24, 2.45) is 0 Å². The molecule has 0 saturated carbocycles. The van der Waals surface area contributed by atoms with Gasteiger partial charge in [0, 0.05) is 6.42 Å². The molecule has 2 unspecified atom stereocenters. The molecule has 3 atom stereocenters. The number of aliphatic hydroxyl groups excluding tert-OH is 4. The minimum Gasteiger partial charge on any atom is -0.480 e. The Balaban J connectivity index is 2.81. The van der Waals surface area contributed by atoms with E-state index in [1.807, 2.05) is 0 Å². The largest absolute Gasteiger partial charge is 0.480 e. The molecule has 24 heavy (non-hydrogen) atoms. The number of carbonyl (C=O) groups is 1. The Labute approximate surface area is 139 Å². The Morgan fingerprint density at radius 2 is 1.50 bits per heavy atom. The average Bonchev–Trinajstić information content (AvgIpc) is 2.60. The van der Waals surface area contributed by atoms with Crippen LogP contribution in [-0.4, -0.2) is 81.4 Å². The lowest BCUT2D eigenvalue weighted by atomic mass is 10.1. The molecule has 5 N–H and O–H groups in total. The molecule has 0 saturated heterocycles. The first kappa shape index (κ1) is 20.5. The molecule has 0 aliphatic carbocycles. The van der Waals surface area contributed by atoms with E-state index in [-0.39, 0.29) is 6.42 Å². The summed E-state index contributed by atoms with van der Waals surface area (Å²) in [5.41, 5.74) is 0.715. The summed E-state index contributed by atoms with van der Waals surface area (Å²) in [5, 5.41) is 46.4. The lowest BCUT2D eigenvalue weighted by molar-refractivity contribution is -0.393. The summed E-state index contributed by atoms with van der Waals surface area (Å²) in [6, 6.07) is 7.51. The number of carboxylic acid groups (broad SMARTS) is 1. The number of carboxylic acids is 1. The Morgan fingerprint density at radius 1 is 1.00 bits per heavy atom. The third-order valence-electron chi connectivity index (χ3n) is 3.02. The molecule has 0 radical (unpaired) electrons. The summed E-state index contributed by atoms with van der Waals surface area (Å²) >= 11 is 0. The number of hydroxylamine groups is 2. The van der Waals surface area contributed by atoms with Gasteiger partial charge in [-0.2, -0.15) is 0 Å². The van der Waals surface area contributed by atoms with Gasteiger partial charge in [-0.05, 0) is 5.56 Å². The second-order valence-corrected chi connectivity index (χ2v) is 5.09. The minimum atomic E-state index is -1.26. The topological polar surface area (TPSA) is 140 Å². The maximum atomic E-state index is 11.5. The van der Waals surface area contributed by atoms with E-state index in [4.69, 9.17) is 19.9 Å². The van der Waals surface area contributed by atoms with Crippen molar-refractivity contribution in [3.8, 4) is 0 Å². The van der Waals surface area contributed by atoms with Crippen LogP contribution in [0.4, 0.5) is 0 Å². The molecule has 0 aliphatic heterocycles. The van der Waals surface area contributed by atoms with Gasteiger partial charge < -0.3 is 25.5 Å². The van der Waals surface area contributed by atoms with Crippen molar-refractivity contribution in [3.05, 3.63) is 35.9 Å². The van der Waals surface area contributed by atoms with Crippen molar-refractivity contribution in [2.75, 3.05) is 26.4 Å². The molecule has 1 aromatic carbocycles. The van der Waals surface area contributed by atoms with Crippen LogP contribution in [0.2, 0.25) is 0 Å². The van der Waals surface area contributed by atoms with Gasteiger partial charge in [-0.3, -0.25) is 14.5 Å². The van der Waals surface area contributed by atoms with Crippen molar-refractivity contribution in [3.63, 3.8) is 0 Å². The number of rotatable bonds is 12. The molecule has 0 aromatic heterocycles. The number of hydrogen-bond acceptors (Lipinski definition) is 8. The first-order valence-corrected chi connectivity index (χ1v) is 7.37.